The third kappa shape index (κ3) is 16.6. The van der Waals surface area contributed by atoms with Crippen molar-refractivity contribution in [2.75, 3.05) is 12.0 Å². The van der Waals surface area contributed by atoms with E-state index in [-0.39, 0.29) is 0 Å². The quantitative estimate of drug-likeness (QED) is 0.380. The summed E-state index contributed by atoms with van der Waals surface area (Å²) in [5.74, 6) is 3.14. The average Bonchev–Trinajstić information content (AvgIpc) is 2.35. The van der Waals surface area contributed by atoms with Gasteiger partial charge in [-0.15, -0.1) is 0 Å². The van der Waals surface area contributed by atoms with Crippen LogP contribution in [0.3, 0.4) is 0 Å². The van der Waals surface area contributed by atoms with E-state index in [1.54, 1.807) is 0 Å². The molecular formula is C20H42O2S. The molecule has 3 atom stereocenters. The van der Waals surface area contributed by atoms with Crippen LogP contribution in [0.1, 0.15) is 92.4 Å². The maximum atomic E-state index is 11.3. The third-order valence-corrected chi connectivity index (χ3v) is 6.03. The Kier molecular flexibility index (Phi) is 12.3. The molecule has 0 radical (unpaired) electrons. The maximum Gasteiger partial charge on any atom is 0.147 e. The van der Waals surface area contributed by atoms with Crippen LogP contribution in [0.4, 0.5) is 0 Å². The lowest BCUT2D eigenvalue weighted by molar-refractivity contribution is 0.381. The Morgan fingerprint density at radius 3 is 1.30 bits per heavy atom. The van der Waals surface area contributed by atoms with E-state index in [2.05, 4.69) is 34.6 Å². The Morgan fingerprint density at radius 2 is 0.957 bits per heavy atom. The van der Waals surface area contributed by atoms with Crippen LogP contribution >= 0.6 is 0 Å². The van der Waals surface area contributed by atoms with Crippen molar-refractivity contribution in [1.82, 2.24) is 0 Å². The van der Waals surface area contributed by atoms with E-state index in [1.165, 1.54) is 57.6 Å². The normalized spacial score (nSPS) is 16.5. The van der Waals surface area contributed by atoms with Crippen molar-refractivity contribution in [2.45, 2.75) is 92.4 Å². The van der Waals surface area contributed by atoms with E-state index < -0.39 is 9.84 Å². The monoisotopic (exact) mass is 346 g/mol. The second kappa shape index (κ2) is 12.3. The van der Waals surface area contributed by atoms with Crippen molar-refractivity contribution < 1.29 is 8.42 Å². The van der Waals surface area contributed by atoms with Gasteiger partial charge in [-0.2, -0.15) is 0 Å². The molecule has 0 aliphatic heterocycles. The van der Waals surface area contributed by atoms with E-state index in [1.807, 2.05) is 0 Å². The first-order chi connectivity index (χ1) is 10.6. The molecule has 0 aromatic rings. The molecule has 3 heteroatoms. The van der Waals surface area contributed by atoms with Crippen LogP contribution in [0.25, 0.3) is 0 Å². The summed E-state index contributed by atoms with van der Waals surface area (Å²) >= 11 is 0. The van der Waals surface area contributed by atoms with Gasteiger partial charge in [-0.1, -0.05) is 86.0 Å². The third-order valence-electron chi connectivity index (χ3n) is 4.85. The second-order valence-corrected chi connectivity index (χ2v) is 10.8. The first-order valence-corrected chi connectivity index (χ1v) is 11.8. The van der Waals surface area contributed by atoms with E-state index in [0.717, 1.165) is 24.2 Å². The van der Waals surface area contributed by atoms with Crippen LogP contribution in [-0.4, -0.2) is 20.4 Å². The van der Waals surface area contributed by atoms with E-state index >= 15 is 0 Å². The van der Waals surface area contributed by atoms with Gasteiger partial charge < -0.3 is 0 Å². The number of hydrogen-bond acceptors (Lipinski definition) is 2. The SMILES string of the molecule is CC(C)CCCC(C)CCCC(C)CCCC(C)CS(C)(=O)=O. The van der Waals surface area contributed by atoms with Gasteiger partial charge in [-0.05, 0) is 30.1 Å². The minimum atomic E-state index is -2.81. The largest absolute Gasteiger partial charge is 0.229 e. The predicted octanol–water partition coefficient (Wildman–Crippen LogP) is 6.11. The fourth-order valence-electron chi connectivity index (χ4n) is 3.39. The molecule has 0 N–H and O–H groups in total. The van der Waals surface area contributed by atoms with E-state index in [0.29, 0.717) is 11.7 Å². The molecule has 3 unspecified atom stereocenters. The minimum absolute atomic E-state index is 0.304. The van der Waals surface area contributed by atoms with Crippen LogP contribution in [0, 0.1) is 23.7 Å². The molecule has 2 nitrogen and oxygen atoms in total. The van der Waals surface area contributed by atoms with Crippen LogP contribution < -0.4 is 0 Å². The fraction of sp³-hybridized carbons (Fsp3) is 1.00. The van der Waals surface area contributed by atoms with Gasteiger partial charge in [0.15, 0.2) is 0 Å². The molecule has 0 saturated carbocycles. The highest BCUT2D eigenvalue weighted by atomic mass is 32.2. The molecule has 0 heterocycles. The molecule has 0 aliphatic carbocycles. The van der Waals surface area contributed by atoms with Gasteiger partial charge >= 0.3 is 0 Å². The lowest BCUT2D eigenvalue weighted by Gasteiger charge is -2.16. The summed E-state index contributed by atoms with van der Waals surface area (Å²) in [4.78, 5) is 0. The van der Waals surface area contributed by atoms with Crippen molar-refractivity contribution in [2.24, 2.45) is 23.7 Å². The average molecular weight is 347 g/mol. The maximum absolute atomic E-state index is 11.3. The van der Waals surface area contributed by atoms with Crippen molar-refractivity contribution in [3.05, 3.63) is 0 Å². The van der Waals surface area contributed by atoms with E-state index in [9.17, 15) is 8.42 Å². The molecule has 140 valence electrons. The minimum Gasteiger partial charge on any atom is -0.229 e. The molecule has 0 spiro atoms. The van der Waals surface area contributed by atoms with Gasteiger partial charge in [0.05, 0.1) is 5.75 Å². The highest BCUT2D eigenvalue weighted by molar-refractivity contribution is 7.90. The molecule has 0 amide bonds. The van der Waals surface area contributed by atoms with Gasteiger partial charge in [0.25, 0.3) is 0 Å². The molecular weight excluding hydrogens is 304 g/mol. The summed E-state index contributed by atoms with van der Waals surface area (Å²) in [7, 11) is -2.81. The summed E-state index contributed by atoms with van der Waals surface area (Å²) in [6.07, 6.45) is 13.0. The molecule has 0 rings (SSSR count). The smallest absolute Gasteiger partial charge is 0.147 e. The summed E-state index contributed by atoms with van der Waals surface area (Å²) in [5.41, 5.74) is 0. The van der Waals surface area contributed by atoms with Crippen molar-refractivity contribution in [3.63, 3.8) is 0 Å². The van der Waals surface area contributed by atoms with Gasteiger partial charge in [0.2, 0.25) is 0 Å². The van der Waals surface area contributed by atoms with E-state index in [4.69, 9.17) is 0 Å². The van der Waals surface area contributed by atoms with Crippen molar-refractivity contribution >= 4 is 9.84 Å². The van der Waals surface area contributed by atoms with Gasteiger partial charge in [-0.3, -0.25) is 0 Å². The fourth-order valence-corrected chi connectivity index (χ4v) is 4.59. The Balaban J connectivity index is 3.61. The molecule has 0 fully saturated rings. The zero-order valence-corrected chi connectivity index (χ0v) is 17.4. The van der Waals surface area contributed by atoms with Crippen LogP contribution in [0.2, 0.25) is 0 Å². The summed E-state index contributed by atoms with van der Waals surface area (Å²) in [6.45, 7) is 11.4. The zero-order valence-electron chi connectivity index (χ0n) is 16.6. The number of hydrogen-bond donors (Lipinski definition) is 0. The lowest BCUT2D eigenvalue weighted by Crippen LogP contribution is -2.12. The molecule has 0 aromatic heterocycles. The first-order valence-electron chi connectivity index (χ1n) is 9.77. The first kappa shape index (κ1) is 22.9. The Bertz CT molecular complexity index is 373. The number of sulfone groups is 1. The lowest BCUT2D eigenvalue weighted by atomic mass is 9.91. The summed E-state index contributed by atoms with van der Waals surface area (Å²) in [6, 6.07) is 0. The molecule has 0 bridgehead atoms. The highest BCUT2D eigenvalue weighted by Gasteiger charge is 2.11. The van der Waals surface area contributed by atoms with Crippen LogP contribution in [0.15, 0.2) is 0 Å². The Hall–Kier alpha value is -0.0500. The van der Waals surface area contributed by atoms with Crippen LogP contribution in [0.5, 0.6) is 0 Å². The van der Waals surface area contributed by atoms with Crippen molar-refractivity contribution in [1.29, 1.82) is 0 Å². The summed E-state index contributed by atoms with van der Waals surface area (Å²) in [5, 5.41) is 0. The number of rotatable bonds is 14. The summed E-state index contributed by atoms with van der Waals surface area (Å²) < 4.78 is 22.5. The van der Waals surface area contributed by atoms with Gasteiger partial charge in [0, 0.05) is 6.26 Å². The Labute approximate surface area is 146 Å². The zero-order chi connectivity index (χ0) is 17.9. The molecule has 0 aromatic carbocycles. The second-order valence-electron chi connectivity index (χ2n) is 8.59. The highest BCUT2D eigenvalue weighted by Crippen LogP contribution is 2.22. The topological polar surface area (TPSA) is 34.1 Å². The van der Waals surface area contributed by atoms with Crippen molar-refractivity contribution in [3.8, 4) is 0 Å². The molecule has 0 saturated heterocycles. The van der Waals surface area contributed by atoms with Crippen LogP contribution in [-0.2, 0) is 9.84 Å². The van der Waals surface area contributed by atoms with Gasteiger partial charge in [-0.25, -0.2) is 8.42 Å². The van der Waals surface area contributed by atoms with Gasteiger partial charge in [0.1, 0.15) is 9.84 Å². The predicted molar refractivity (Wildman–Crippen MR) is 104 cm³/mol. The Morgan fingerprint density at radius 1 is 0.609 bits per heavy atom. The molecule has 23 heavy (non-hydrogen) atoms. The molecule has 0 aliphatic rings. The standard InChI is InChI=1S/C20H42O2S/c1-17(2)10-7-11-18(3)12-8-13-19(4)14-9-15-20(5)16-23(6,21)22/h17-20H,7-16H2,1-6H3.